The van der Waals surface area contributed by atoms with Crippen molar-refractivity contribution < 1.29 is 4.79 Å². The van der Waals surface area contributed by atoms with E-state index in [9.17, 15) is 4.79 Å². The first-order chi connectivity index (χ1) is 9.74. The number of thioether (sulfide) groups is 1. The number of amides is 1. The average molecular weight is 291 g/mol. The second-order valence-electron chi connectivity index (χ2n) is 4.07. The van der Waals surface area contributed by atoms with Gasteiger partial charge in [0.1, 0.15) is 6.33 Å². The van der Waals surface area contributed by atoms with Crippen LogP contribution in [0.4, 0.5) is 4.79 Å². The van der Waals surface area contributed by atoms with E-state index < -0.39 is 0 Å². The van der Waals surface area contributed by atoms with E-state index >= 15 is 0 Å². The maximum absolute atomic E-state index is 12.1. The van der Waals surface area contributed by atoms with Gasteiger partial charge in [0.15, 0.2) is 0 Å². The van der Waals surface area contributed by atoms with E-state index in [2.05, 4.69) is 15.1 Å². The summed E-state index contributed by atoms with van der Waals surface area (Å²) in [5.74, 6) is 0.756. The molecular formula is C13H17N5OS. The zero-order valence-corrected chi connectivity index (χ0v) is 12.4. The molecule has 2 rings (SSSR count). The summed E-state index contributed by atoms with van der Waals surface area (Å²) in [6.45, 7) is 5.21. The molecule has 2 heterocycles. The Labute approximate surface area is 122 Å². The first-order valence-corrected chi connectivity index (χ1v) is 7.45. The van der Waals surface area contributed by atoms with Crippen LogP contribution in [0.25, 0.3) is 0 Å². The van der Waals surface area contributed by atoms with Crippen LogP contribution in [0.1, 0.15) is 19.4 Å². The Morgan fingerprint density at radius 1 is 1.30 bits per heavy atom. The summed E-state index contributed by atoms with van der Waals surface area (Å²) >= 11 is 1.50. The highest BCUT2D eigenvalue weighted by Crippen LogP contribution is 2.18. The molecule has 0 radical (unpaired) electrons. The van der Waals surface area contributed by atoms with E-state index in [4.69, 9.17) is 0 Å². The molecule has 2 aromatic heterocycles. The molecular weight excluding hydrogens is 274 g/mol. The molecule has 0 bridgehead atoms. The van der Waals surface area contributed by atoms with E-state index in [1.54, 1.807) is 17.3 Å². The summed E-state index contributed by atoms with van der Waals surface area (Å²) in [6, 6.07) is 3.76. The second-order valence-corrected chi connectivity index (χ2v) is 5.01. The summed E-state index contributed by atoms with van der Waals surface area (Å²) in [5.41, 5.74) is 1.15. The third-order valence-electron chi connectivity index (χ3n) is 2.82. The fraction of sp³-hybridized carbons (Fsp3) is 0.385. The molecule has 6 nitrogen and oxygen atoms in total. The van der Waals surface area contributed by atoms with E-state index in [0.717, 1.165) is 11.3 Å². The van der Waals surface area contributed by atoms with Crippen molar-refractivity contribution in [2.75, 3.05) is 13.1 Å². The normalized spacial score (nSPS) is 10.5. The second kappa shape index (κ2) is 7.04. The Morgan fingerprint density at radius 2 is 2.00 bits per heavy atom. The number of carbonyl (C=O) groups is 1. The molecule has 0 N–H and O–H groups in total. The molecule has 0 aliphatic carbocycles. The van der Waals surface area contributed by atoms with Crippen LogP contribution in [0.5, 0.6) is 0 Å². The predicted molar refractivity (Wildman–Crippen MR) is 77.5 cm³/mol. The van der Waals surface area contributed by atoms with Gasteiger partial charge in [-0.1, -0.05) is 11.8 Å². The number of pyridine rings is 1. The van der Waals surface area contributed by atoms with Crippen molar-refractivity contribution in [3.05, 3.63) is 36.4 Å². The quantitative estimate of drug-likeness (QED) is 0.791. The van der Waals surface area contributed by atoms with E-state index in [1.807, 2.05) is 26.0 Å². The maximum Gasteiger partial charge on any atom is 0.346 e. The number of carbonyl (C=O) groups excluding carboxylic acids is 1. The van der Waals surface area contributed by atoms with Gasteiger partial charge in [-0.2, -0.15) is 4.68 Å². The summed E-state index contributed by atoms with van der Waals surface area (Å²) in [5, 5.41) is 4.80. The molecule has 0 aromatic carbocycles. The Bertz CT molecular complexity index is 553. The van der Waals surface area contributed by atoms with Gasteiger partial charge in [-0.05, 0) is 31.5 Å². The lowest BCUT2D eigenvalue weighted by Gasteiger charge is -2.17. The van der Waals surface area contributed by atoms with Gasteiger partial charge in [-0.15, -0.1) is 5.10 Å². The summed E-state index contributed by atoms with van der Waals surface area (Å²) in [4.78, 5) is 21.9. The first-order valence-electron chi connectivity index (χ1n) is 6.47. The number of rotatable bonds is 5. The third kappa shape index (κ3) is 3.57. The predicted octanol–water partition coefficient (Wildman–Crippen LogP) is 2.28. The fourth-order valence-electron chi connectivity index (χ4n) is 1.67. The van der Waals surface area contributed by atoms with Crippen LogP contribution in [-0.4, -0.2) is 43.8 Å². The van der Waals surface area contributed by atoms with Crippen LogP contribution in [0.3, 0.4) is 0 Å². The topological polar surface area (TPSA) is 63.9 Å². The van der Waals surface area contributed by atoms with Crippen molar-refractivity contribution in [2.24, 2.45) is 0 Å². The zero-order chi connectivity index (χ0) is 14.4. The molecule has 0 unspecified atom stereocenters. The minimum Gasteiger partial charge on any atom is -0.323 e. The van der Waals surface area contributed by atoms with Gasteiger partial charge in [-0.25, -0.2) is 9.78 Å². The minimum absolute atomic E-state index is 0.140. The summed E-state index contributed by atoms with van der Waals surface area (Å²) in [6.07, 6.45) is 4.98. The Morgan fingerprint density at radius 3 is 2.65 bits per heavy atom. The first kappa shape index (κ1) is 14.5. The fourth-order valence-corrected chi connectivity index (χ4v) is 2.43. The van der Waals surface area contributed by atoms with Gasteiger partial charge >= 0.3 is 6.03 Å². The molecule has 0 saturated heterocycles. The number of aromatic nitrogens is 4. The lowest BCUT2D eigenvalue weighted by molar-refractivity contribution is 0.201. The molecule has 0 spiro atoms. The number of nitrogens with zero attached hydrogens (tertiary/aromatic N) is 5. The largest absolute Gasteiger partial charge is 0.346 e. The van der Waals surface area contributed by atoms with Crippen molar-refractivity contribution in [2.45, 2.75) is 24.8 Å². The number of hydrogen-bond donors (Lipinski definition) is 0. The molecule has 0 aliphatic heterocycles. The molecule has 0 aliphatic rings. The molecule has 0 atom stereocenters. The van der Waals surface area contributed by atoms with Gasteiger partial charge in [0.05, 0.1) is 0 Å². The average Bonchev–Trinajstić information content (AvgIpc) is 2.96. The van der Waals surface area contributed by atoms with Crippen molar-refractivity contribution >= 4 is 17.8 Å². The molecule has 106 valence electrons. The minimum atomic E-state index is -0.140. The third-order valence-corrected chi connectivity index (χ3v) is 3.74. The lowest BCUT2D eigenvalue weighted by atomic mass is 10.3. The Balaban J connectivity index is 1.97. The van der Waals surface area contributed by atoms with Crippen molar-refractivity contribution in [3.8, 4) is 0 Å². The molecule has 7 heteroatoms. The van der Waals surface area contributed by atoms with Crippen LogP contribution in [0.2, 0.25) is 0 Å². The smallest absolute Gasteiger partial charge is 0.323 e. The van der Waals surface area contributed by atoms with Crippen molar-refractivity contribution in [3.63, 3.8) is 0 Å². The Hall–Kier alpha value is -1.89. The maximum atomic E-state index is 12.1. The van der Waals surface area contributed by atoms with Gasteiger partial charge < -0.3 is 4.90 Å². The SMILES string of the molecule is CCN(CC)C(=O)n1cnc(SCc2ccncc2)n1. The van der Waals surface area contributed by atoms with Gasteiger partial charge in [0, 0.05) is 31.2 Å². The van der Waals surface area contributed by atoms with Crippen molar-refractivity contribution in [1.29, 1.82) is 0 Å². The number of hydrogen-bond acceptors (Lipinski definition) is 5. The standard InChI is InChI=1S/C13H17N5OS/c1-3-17(4-2)13(19)18-10-15-12(16-18)20-9-11-5-7-14-8-6-11/h5-8,10H,3-4,9H2,1-2H3. The highest BCUT2D eigenvalue weighted by atomic mass is 32.2. The van der Waals surface area contributed by atoms with Crippen LogP contribution in [0, 0.1) is 0 Å². The van der Waals surface area contributed by atoms with Crippen molar-refractivity contribution in [1.82, 2.24) is 24.6 Å². The molecule has 20 heavy (non-hydrogen) atoms. The van der Waals surface area contributed by atoms with Gasteiger partial charge in [0.25, 0.3) is 0 Å². The van der Waals surface area contributed by atoms with E-state index in [0.29, 0.717) is 18.2 Å². The summed E-state index contributed by atoms with van der Waals surface area (Å²) < 4.78 is 1.29. The van der Waals surface area contributed by atoms with Crippen LogP contribution in [0.15, 0.2) is 36.0 Å². The van der Waals surface area contributed by atoms with Crippen LogP contribution >= 0.6 is 11.8 Å². The lowest BCUT2D eigenvalue weighted by Crippen LogP contribution is -2.34. The van der Waals surface area contributed by atoms with Gasteiger partial charge in [-0.3, -0.25) is 4.98 Å². The zero-order valence-electron chi connectivity index (χ0n) is 11.6. The molecule has 0 saturated carbocycles. The monoisotopic (exact) mass is 291 g/mol. The van der Waals surface area contributed by atoms with Gasteiger partial charge in [0.2, 0.25) is 5.16 Å². The highest BCUT2D eigenvalue weighted by molar-refractivity contribution is 7.98. The molecule has 2 aromatic rings. The van der Waals surface area contributed by atoms with Crippen LogP contribution in [-0.2, 0) is 5.75 Å². The van der Waals surface area contributed by atoms with Crippen LogP contribution < -0.4 is 0 Å². The Kier molecular flexibility index (Phi) is 5.11. The summed E-state index contributed by atoms with van der Waals surface area (Å²) in [7, 11) is 0. The van der Waals surface area contributed by atoms with E-state index in [-0.39, 0.29) is 6.03 Å². The highest BCUT2D eigenvalue weighted by Gasteiger charge is 2.14. The van der Waals surface area contributed by atoms with E-state index in [1.165, 1.54) is 22.8 Å². The molecule has 1 amide bonds. The molecule has 0 fully saturated rings.